The van der Waals surface area contributed by atoms with Crippen molar-refractivity contribution >= 4 is 28.8 Å². The summed E-state index contributed by atoms with van der Waals surface area (Å²) in [6.45, 7) is 0.501. The maximum absolute atomic E-state index is 13.0. The van der Waals surface area contributed by atoms with Crippen LogP contribution in [-0.2, 0) is 11.3 Å². The second-order valence-electron chi connectivity index (χ2n) is 6.94. The van der Waals surface area contributed by atoms with E-state index in [9.17, 15) is 9.59 Å². The SMILES string of the molecule is COc1ccc(NC(=O)C[C@H](c2cccs2)N2Cc3ccccc3C2=O)cc1OC. The highest BCUT2D eigenvalue weighted by atomic mass is 32.1. The van der Waals surface area contributed by atoms with Crippen molar-refractivity contribution in [1.29, 1.82) is 0 Å². The van der Waals surface area contributed by atoms with Gasteiger partial charge in [-0.1, -0.05) is 24.3 Å². The van der Waals surface area contributed by atoms with Crippen LogP contribution in [0.25, 0.3) is 0 Å². The number of nitrogens with one attached hydrogen (secondary N) is 1. The third-order valence-electron chi connectivity index (χ3n) is 5.14. The van der Waals surface area contributed by atoms with Gasteiger partial charge in [-0.05, 0) is 35.2 Å². The molecule has 0 saturated heterocycles. The Balaban J connectivity index is 1.54. The summed E-state index contributed by atoms with van der Waals surface area (Å²) in [5, 5.41) is 4.87. The van der Waals surface area contributed by atoms with Gasteiger partial charge in [-0.15, -0.1) is 11.3 Å². The maximum atomic E-state index is 13.0. The van der Waals surface area contributed by atoms with E-state index in [4.69, 9.17) is 9.47 Å². The minimum Gasteiger partial charge on any atom is -0.493 e. The summed E-state index contributed by atoms with van der Waals surface area (Å²) in [6.07, 6.45) is 0.161. The second-order valence-corrected chi connectivity index (χ2v) is 7.92. The van der Waals surface area contributed by atoms with E-state index in [2.05, 4.69) is 5.32 Å². The lowest BCUT2D eigenvalue weighted by atomic mass is 10.1. The molecule has 154 valence electrons. The molecule has 1 aliphatic heterocycles. The molecule has 1 N–H and O–H groups in total. The first-order valence-electron chi connectivity index (χ1n) is 9.55. The van der Waals surface area contributed by atoms with Crippen LogP contribution in [0.5, 0.6) is 11.5 Å². The van der Waals surface area contributed by atoms with Gasteiger partial charge in [0.25, 0.3) is 5.91 Å². The second kappa shape index (κ2) is 8.59. The molecule has 3 aromatic rings. The number of thiophene rings is 1. The van der Waals surface area contributed by atoms with E-state index in [1.165, 1.54) is 0 Å². The van der Waals surface area contributed by atoms with Gasteiger partial charge >= 0.3 is 0 Å². The molecule has 0 unspecified atom stereocenters. The molecule has 0 fully saturated rings. The van der Waals surface area contributed by atoms with E-state index in [1.807, 2.05) is 41.8 Å². The van der Waals surface area contributed by atoms with Gasteiger partial charge in [-0.3, -0.25) is 9.59 Å². The average molecular weight is 423 g/mol. The quantitative estimate of drug-likeness (QED) is 0.609. The zero-order valence-electron chi connectivity index (χ0n) is 16.8. The van der Waals surface area contributed by atoms with Crippen molar-refractivity contribution in [3.63, 3.8) is 0 Å². The molecule has 30 heavy (non-hydrogen) atoms. The first-order valence-corrected chi connectivity index (χ1v) is 10.4. The molecule has 1 atom stereocenters. The van der Waals surface area contributed by atoms with Crippen LogP contribution in [0.4, 0.5) is 5.69 Å². The molecule has 1 aliphatic rings. The van der Waals surface area contributed by atoms with E-state index in [0.29, 0.717) is 29.3 Å². The van der Waals surface area contributed by atoms with Crippen molar-refractivity contribution in [2.24, 2.45) is 0 Å². The highest BCUT2D eigenvalue weighted by Gasteiger charge is 2.34. The normalized spacial score (nSPS) is 13.7. The molecule has 1 aromatic heterocycles. The highest BCUT2D eigenvalue weighted by molar-refractivity contribution is 7.10. The van der Waals surface area contributed by atoms with Crippen molar-refractivity contribution in [1.82, 2.24) is 4.90 Å². The average Bonchev–Trinajstić information content (AvgIpc) is 3.41. The van der Waals surface area contributed by atoms with Crippen LogP contribution in [0.15, 0.2) is 60.0 Å². The van der Waals surface area contributed by atoms with Gasteiger partial charge in [0.15, 0.2) is 11.5 Å². The minimum absolute atomic E-state index is 0.0390. The number of rotatable bonds is 7. The standard InChI is InChI=1S/C23H22N2O4S/c1-28-19-10-9-16(12-20(19)29-2)24-22(26)13-18(21-8-5-11-30-21)25-14-15-6-3-4-7-17(15)23(25)27/h3-12,18H,13-14H2,1-2H3,(H,24,26)/t18-/m1/s1. The monoisotopic (exact) mass is 422 g/mol. The van der Waals surface area contributed by atoms with Gasteiger partial charge in [-0.25, -0.2) is 0 Å². The summed E-state index contributed by atoms with van der Waals surface area (Å²) in [5.41, 5.74) is 2.31. The predicted octanol–water partition coefficient (Wildman–Crippen LogP) is 4.49. The largest absolute Gasteiger partial charge is 0.493 e. The Bertz CT molecular complexity index is 1060. The van der Waals surface area contributed by atoms with Gasteiger partial charge in [0.05, 0.1) is 26.7 Å². The van der Waals surface area contributed by atoms with Gasteiger partial charge in [0.1, 0.15) is 0 Å². The lowest BCUT2D eigenvalue weighted by molar-refractivity contribution is -0.117. The Morgan fingerprint density at radius 2 is 1.90 bits per heavy atom. The number of benzene rings is 2. The van der Waals surface area contributed by atoms with Crippen molar-refractivity contribution in [3.8, 4) is 11.5 Å². The van der Waals surface area contributed by atoms with Crippen LogP contribution in [0, 0.1) is 0 Å². The fraction of sp³-hybridized carbons (Fsp3) is 0.217. The molecule has 2 aromatic carbocycles. The number of anilines is 1. The molecular formula is C23H22N2O4S. The van der Waals surface area contributed by atoms with Crippen molar-refractivity contribution in [2.45, 2.75) is 19.0 Å². The first kappa shape index (κ1) is 20.0. The number of carbonyl (C=O) groups excluding carboxylic acids is 2. The fourth-order valence-electron chi connectivity index (χ4n) is 3.68. The summed E-state index contributed by atoms with van der Waals surface area (Å²) >= 11 is 1.55. The van der Waals surface area contributed by atoms with E-state index < -0.39 is 0 Å². The smallest absolute Gasteiger partial charge is 0.255 e. The van der Waals surface area contributed by atoms with E-state index in [0.717, 1.165) is 10.4 Å². The summed E-state index contributed by atoms with van der Waals surface area (Å²) in [7, 11) is 3.11. The molecule has 0 aliphatic carbocycles. The number of ether oxygens (including phenoxy) is 2. The Hall–Kier alpha value is -3.32. The minimum atomic E-state index is -0.329. The summed E-state index contributed by atoms with van der Waals surface area (Å²) in [5.74, 6) is 0.912. The Kier molecular flexibility index (Phi) is 5.72. The molecule has 2 heterocycles. The first-order chi connectivity index (χ1) is 14.6. The van der Waals surface area contributed by atoms with Gasteiger partial charge < -0.3 is 19.7 Å². The van der Waals surface area contributed by atoms with Crippen LogP contribution >= 0.6 is 11.3 Å². The molecule has 7 heteroatoms. The summed E-state index contributed by atoms with van der Waals surface area (Å²) in [4.78, 5) is 28.7. The van der Waals surface area contributed by atoms with Crippen LogP contribution in [-0.4, -0.2) is 30.9 Å². The van der Waals surface area contributed by atoms with Crippen LogP contribution in [0.2, 0.25) is 0 Å². The van der Waals surface area contributed by atoms with Crippen LogP contribution in [0.1, 0.15) is 33.3 Å². The fourth-order valence-corrected chi connectivity index (χ4v) is 4.51. The van der Waals surface area contributed by atoms with Crippen LogP contribution < -0.4 is 14.8 Å². The third-order valence-corrected chi connectivity index (χ3v) is 6.12. The highest BCUT2D eigenvalue weighted by Crippen LogP contribution is 2.36. The van der Waals surface area contributed by atoms with Gasteiger partial charge in [0.2, 0.25) is 5.91 Å². The van der Waals surface area contributed by atoms with E-state index in [1.54, 1.807) is 48.7 Å². The predicted molar refractivity (Wildman–Crippen MR) is 116 cm³/mol. The van der Waals surface area contributed by atoms with Crippen molar-refractivity contribution in [2.75, 3.05) is 19.5 Å². The number of amides is 2. The van der Waals surface area contributed by atoms with Crippen LogP contribution in [0.3, 0.4) is 0 Å². The zero-order chi connectivity index (χ0) is 21.1. The Morgan fingerprint density at radius 3 is 2.60 bits per heavy atom. The number of nitrogens with zero attached hydrogens (tertiary/aromatic N) is 1. The van der Waals surface area contributed by atoms with Crippen molar-refractivity contribution in [3.05, 3.63) is 76.0 Å². The van der Waals surface area contributed by atoms with Gasteiger partial charge in [0, 0.05) is 28.7 Å². The topological polar surface area (TPSA) is 67.9 Å². The molecular weight excluding hydrogens is 400 g/mol. The number of hydrogen-bond acceptors (Lipinski definition) is 5. The molecule has 2 amide bonds. The number of methoxy groups -OCH3 is 2. The lowest BCUT2D eigenvalue weighted by Crippen LogP contribution is -2.31. The molecule has 4 rings (SSSR count). The molecule has 0 bridgehead atoms. The Labute approximate surface area is 179 Å². The molecule has 0 saturated carbocycles. The maximum Gasteiger partial charge on any atom is 0.255 e. The lowest BCUT2D eigenvalue weighted by Gasteiger charge is -2.26. The molecule has 0 spiro atoms. The molecule has 0 radical (unpaired) electrons. The number of fused-ring (bicyclic) bond motifs is 1. The van der Waals surface area contributed by atoms with Gasteiger partial charge in [-0.2, -0.15) is 0 Å². The van der Waals surface area contributed by atoms with E-state index in [-0.39, 0.29) is 24.3 Å². The third kappa shape index (κ3) is 3.89. The van der Waals surface area contributed by atoms with Crippen molar-refractivity contribution < 1.29 is 19.1 Å². The Morgan fingerprint density at radius 1 is 1.10 bits per heavy atom. The summed E-state index contributed by atoms with van der Waals surface area (Å²) in [6, 6.07) is 16.4. The zero-order valence-corrected chi connectivity index (χ0v) is 17.6. The summed E-state index contributed by atoms with van der Waals surface area (Å²) < 4.78 is 10.5. The number of hydrogen-bond donors (Lipinski definition) is 1. The molecule has 6 nitrogen and oxygen atoms in total. The van der Waals surface area contributed by atoms with E-state index >= 15 is 0 Å². The number of carbonyl (C=O) groups is 2.